The Bertz CT molecular complexity index is 1290. The van der Waals surface area contributed by atoms with Crippen molar-refractivity contribution in [1.29, 1.82) is 0 Å². The van der Waals surface area contributed by atoms with Crippen molar-refractivity contribution in [3.8, 4) is 0 Å². The van der Waals surface area contributed by atoms with Crippen LogP contribution < -0.4 is 16.1 Å². The Kier molecular flexibility index (Phi) is 6.76. The predicted molar refractivity (Wildman–Crippen MR) is 128 cm³/mol. The molecular weight excluding hydrogens is 422 g/mol. The Labute approximate surface area is 191 Å². The topological polar surface area (TPSA) is 121 Å². The predicted octanol–water partition coefficient (Wildman–Crippen LogP) is 3.36. The summed E-state index contributed by atoms with van der Waals surface area (Å²) in [5, 5.41) is 8.70. The molecule has 3 aromatic rings. The van der Waals surface area contributed by atoms with Crippen molar-refractivity contribution in [3.63, 3.8) is 0 Å². The smallest absolute Gasteiger partial charge is 0.330 e. The number of hydrogen-bond acceptors (Lipinski definition) is 6. The summed E-state index contributed by atoms with van der Waals surface area (Å²) in [6.45, 7) is 2.31. The molecule has 4 rings (SSSR count). The largest absolute Gasteiger partial charge is 0.481 e. The van der Waals surface area contributed by atoms with E-state index in [9.17, 15) is 14.4 Å². The second-order valence-corrected chi connectivity index (χ2v) is 9.04. The first-order chi connectivity index (χ1) is 15.8. The van der Waals surface area contributed by atoms with Gasteiger partial charge in [0.25, 0.3) is 5.56 Å². The first-order valence-electron chi connectivity index (χ1n) is 11.7. The molecule has 33 heavy (non-hydrogen) atoms. The summed E-state index contributed by atoms with van der Waals surface area (Å²) >= 11 is 0. The maximum absolute atomic E-state index is 13.0. The number of H-pyrrole nitrogens is 1. The standard InChI is InChI=1S/C24H31N5O4/c1-15-13-17-18(14-19(15)28(2)16-9-6-7-10-16)26-22-21(25-17)23(32)29(24(33)27-22)12-8-4-3-5-11-20(30)31/h13-14,16H,3-12H2,1-2H3,(H,30,31)(H,26,27,33). The van der Waals surface area contributed by atoms with Gasteiger partial charge in [-0.15, -0.1) is 0 Å². The average Bonchev–Trinajstić information content (AvgIpc) is 3.31. The van der Waals surface area contributed by atoms with Crippen LogP contribution in [0.3, 0.4) is 0 Å². The van der Waals surface area contributed by atoms with E-state index in [0.29, 0.717) is 29.9 Å². The molecule has 0 unspecified atom stereocenters. The van der Waals surface area contributed by atoms with Crippen LogP contribution in [0.5, 0.6) is 0 Å². The molecule has 0 aliphatic heterocycles. The van der Waals surface area contributed by atoms with Crippen LogP contribution in [0.2, 0.25) is 0 Å². The van der Waals surface area contributed by atoms with Crippen molar-refractivity contribution in [2.45, 2.75) is 77.3 Å². The van der Waals surface area contributed by atoms with Crippen LogP contribution in [0.15, 0.2) is 21.7 Å². The van der Waals surface area contributed by atoms with Crippen LogP contribution in [-0.2, 0) is 11.3 Å². The minimum atomic E-state index is -0.810. The first kappa shape index (κ1) is 22.9. The number of aliphatic carboxylic acids is 1. The highest BCUT2D eigenvalue weighted by Crippen LogP contribution is 2.31. The summed E-state index contributed by atoms with van der Waals surface area (Å²) in [7, 11) is 2.11. The normalized spacial score (nSPS) is 14.4. The molecule has 0 atom stereocenters. The fourth-order valence-corrected chi connectivity index (χ4v) is 4.79. The summed E-state index contributed by atoms with van der Waals surface area (Å²) in [4.78, 5) is 50.3. The van der Waals surface area contributed by atoms with E-state index >= 15 is 0 Å². The molecule has 1 aliphatic rings. The van der Waals surface area contributed by atoms with Crippen LogP contribution in [0, 0.1) is 6.92 Å². The number of rotatable bonds is 9. The van der Waals surface area contributed by atoms with Gasteiger partial charge in [0.2, 0.25) is 0 Å². The number of unbranched alkanes of at least 4 members (excludes halogenated alkanes) is 3. The van der Waals surface area contributed by atoms with Crippen molar-refractivity contribution in [3.05, 3.63) is 38.5 Å². The van der Waals surface area contributed by atoms with Crippen LogP contribution in [-0.4, -0.2) is 43.7 Å². The van der Waals surface area contributed by atoms with E-state index in [1.165, 1.54) is 25.7 Å². The lowest BCUT2D eigenvalue weighted by molar-refractivity contribution is -0.137. The average molecular weight is 454 g/mol. The van der Waals surface area contributed by atoms with E-state index in [0.717, 1.165) is 28.7 Å². The van der Waals surface area contributed by atoms with Gasteiger partial charge in [-0.05, 0) is 50.3 Å². The Hall–Kier alpha value is -3.23. The third-order valence-electron chi connectivity index (χ3n) is 6.67. The van der Waals surface area contributed by atoms with E-state index in [4.69, 9.17) is 5.11 Å². The van der Waals surface area contributed by atoms with Crippen molar-refractivity contribution in [2.24, 2.45) is 0 Å². The van der Waals surface area contributed by atoms with Crippen molar-refractivity contribution < 1.29 is 9.90 Å². The third-order valence-corrected chi connectivity index (χ3v) is 6.67. The van der Waals surface area contributed by atoms with E-state index in [1.54, 1.807) is 0 Å². The van der Waals surface area contributed by atoms with Gasteiger partial charge in [-0.25, -0.2) is 14.8 Å². The van der Waals surface area contributed by atoms with Crippen molar-refractivity contribution in [1.82, 2.24) is 19.5 Å². The number of anilines is 1. The molecule has 0 saturated heterocycles. The lowest BCUT2D eigenvalue weighted by atomic mass is 10.1. The minimum Gasteiger partial charge on any atom is -0.481 e. The van der Waals surface area contributed by atoms with Gasteiger partial charge in [-0.3, -0.25) is 19.1 Å². The Morgan fingerprint density at radius 3 is 2.55 bits per heavy atom. The van der Waals surface area contributed by atoms with E-state index in [-0.39, 0.29) is 24.1 Å². The van der Waals surface area contributed by atoms with Crippen molar-refractivity contribution in [2.75, 3.05) is 11.9 Å². The molecule has 1 fully saturated rings. The number of hydrogen-bond donors (Lipinski definition) is 2. The maximum atomic E-state index is 13.0. The summed E-state index contributed by atoms with van der Waals surface area (Å²) in [6, 6.07) is 4.47. The maximum Gasteiger partial charge on any atom is 0.330 e. The molecule has 2 N–H and O–H groups in total. The highest BCUT2D eigenvalue weighted by atomic mass is 16.4. The molecule has 1 aliphatic carbocycles. The molecule has 9 heteroatoms. The molecule has 2 aromatic heterocycles. The molecular formula is C24H31N5O4. The number of nitrogens with zero attached hydrogens (tertiary/aromatic N) is 4. The molecule has 176 valence electrons. The lowest BCUT2D eigenvalue weighted by Gasteiger charge is -2.28. The van der Waals surface area contributed by atoms with Gasteiger partial charge in [-0.2, -0.15) is 0 Å². The summed E-state index contributed by atoms with van der Waals surface area (Å²) in [6.07, 6.45) is 7.71. The van der Waals surface area contributed by atoms with Gasteiger partial charge < -0.3 is 10.0 Å². The molecule has 1 aromatic carbocycles. The molecule has 9 nitrogen and oxygen atoms in total. The summed E-state index contributed by atoms with van der Waals surface area (Å²) in [5.41, 5.74) is 2.88. The number of benzene rings is 1. The van der Waals surface area contributed by atoms with Gasteiger partial charge in [0, 0.05) is 31.7 Å². The van der Waals surface area contributed by atoms with Gasteiger partial charge in [0.15, 0.2) is 11.2 Å². The fraction of sp³-hybridized carbons (Fsp3) is 0.542. The molecule has 0 radical (unpaired) electrons. The Balaban J connectivity index is 1.61. The van der Waals surface area contributed by atoms with Crippen LogP contribution in [0.25, 0.3) is 22.2 Å². The second-order valence-electron chi connectivity index (χ2n) is 9.04. The number of nitrogens with one attached hydrogen (secondary N) is 1. The number of carboxylic acids is 1. The number of carbonyl (C=O) groups is 1. The molecule has 1 saturated carbocycles. The van der Waals surface area contributed by atoms with E-state index in [1.807, 2.05) is 19.1 Å². The quantitative estimate of drug-likeness (QED) is 0.376. The van der Waals surface area contributed by atoms with Crippen LogP contribution in [0.4, 0.5) is 5.69 Å². The second kappa shape index (κ2) is 9.72. The zero-order valence-corrected chi connectivity index (χ0v) is 19.3. The number of aromatic nitrogens is 4. The monoisotopic (exact) mass is 453 g/mol. The summed E-state index contributed by atoms with van der Waals surface area (Å²) < 4.78 is 1.16. The molecule has 0 bridgehead atoms. The van der Waals surface area contributed by atoms with Gasteiger partial charge in [-0.1, -0.05) is 25.7 Å². The highest BCUT2D eigenvalue weighted by Gasteiger charge is 2.22. The third kappa shape index (κ3) is 4.91. The molecule has 0 amide bonds. The number of aromatic amines is 1. The minimum absolute atomic E-state index is 0.136. The van der Waals surface area contributed by atoms with Gasteiger partial charge in [0.05, 0.1) is 11.0 Å². The summed E-state index contributed by atoms with van der Waals surface area (Å²) in [5.74, 6) is -0.810. The first-order valence-corrected chi connectivity index (χ1v) is 11.7. The number of fused-ring (bicyclic) bond motifs is 2. The lowest BCUT2D eigenvalue weighted by Crippen LogP contribution is -2.35. The Morgan fingerprint density at radius 1 is 1.12 bits per heavy atom. The van der Waals surface area contributed by atoms with Crippen LogP contribution >= 0.6 is 0 Å². The number of carboxylic acid groups (broad SMARTS) is 1. The van der Waals surface area contributed by atoms with Crippen LogP contribution in [0.1, 0.15) is 63.4 Å². The fourth-order valence-electron chi connectivity index (χ4n) is 4.79. The Morgan fingerprint density at radius 2 is 1.82 bits per heavy atom. The van der Waals surface area contributed by atoms with E-state index in [2.05, 4.69) is 26.9 Å². The van der Waals surface area contributed by atoms with Gasteiger partial charge >= 0.3 is 11.7 Å². The number of aryl methyl sites for hydroxylation is 1. The molecule has 0 spiro atoms. The highest BCUT2D eigenvalue weighted by molar-refractivity contribution is 5.87. The molecule has 2 heterocycles. The zero-order chi connectivity index (χ0) is 23.5. The zero-order valence-electron chi connectivity index (χ0n) is 19.3. The van der Waals surface area contributed by atoms with Crippen molar-refractivity contribution >= 4 is 33.9 Å². The van der Waals surface area contributed by atoms with E-state index < -0.39 is 17.2 Å². The SMILES string of the molecule is Cc1cc2nc3c(=O)n(CCCCCCC(=O)O)c(=O)[nH]c3nc2cc1N(C)C1CCCC1. The van der Waals surface area contributed by atoms with Gasteiger partial charge in [0.1, 0.15) is 0 Å².